The van der Waals surface area contributed by atoms with Crippen molar-refractivity contribution >= 4 is 23.5 Å². The second kappa shape index (κ2) is 10.3. The number of rotatable bonds is 8. The summed E-state index contributed by atoms with van der Waals surface area (Å²) in [4.78, 5) is 30.3. The van der Waals surface area contributed by atoms with E-state index >= 15 is 0 Å². The van der Waals surface area contributed by atoms with Crippen molar-refractivity contribution in [3.63, 3.8) is 0 Å². The highest BCUT2D eigenvalue weighted by atomic mass is 32.2. The molecule has 1 unspecified atom stereocenters. The zero-order valence-corrected chi connectivity index (χ0v) is 20.7. The highest BCUT2D eigenvalue weighted by Crippen LogP contribution is 2.39. The van der Waals surface area contributed by atoms with Crippen molar-refractivity contribution in [1.29, 1.82) is 0 Å². The van der Waals surface area contributed by atoms with Gasteiger partial charge >= 0.3 is 0 Å². The van der Waals surface area contributed by atoms with Gasteiger partial charge < -0.3 is 19.4 Å². The van der Waals surface area contributed by atoms with E-state index in [0.717, 1.165) is 5.56 Å². The van der Waals surface area contributed by atoms with Crippen molar-refractivity contribution < 1.29 is 14.3 Å². The van der Waals surface area contributed by atoms with E-state index in [9.17, 15) is 9.59 Å². The lowest BCUT2D eigenvalue weighted by Crippen LogP contribution is -2.33. The van der Waals surface area contributed by atoms with Gasteiger partial charge in [0.2, 0.25) is 5.91 Å². The summed E-state index contributed by atoms with van der Waals surface area (Å²) < 4.78 is 13.2. The molecule has 1 aliphatic heterocycles. The minimum atomic E-state index is -0.416. The zero-order chi connectivity index (χ0) is 24.2. The molecule has 1 aromatic heterocycles. The van der Waals surface area contributed by atoms with E-state index in [1.807, 2.05) is 55.8 Å². The van der Waals surface area contributed by atoms with Crippen LogP contribution in [0.3, 0.4) is 0 Å². The molecule has 0 aliphatic carbocycles. The number of ether oxygens (including phenoxy) is 2. The molecule has 0 saturated carbocycles. The molecule has 7 nitrogen and oxygen atoms in total. The van der Waals surface area contributed by atoms with Crippen LogP contribution in [-0.2, 0) is 17.6 Å². The van der Waals surface area contributed by atoms with Gasteiger partial charge in [-0.05, 0) is 49.6 Å². The Morgan fingerprint density at radius 2 is 1.82 bits per heavy atom. The number of aromatic nitrogens is 2. The quantitative estimate of drug-likeness (QED) is 0.374. The first-order valence-electron chi connectivity index (χ1n) is 11.4. The highest BCUT2D eigenvalue weighted by Gasteiger charge is 2.32. The maximum absolute atomic E-state index is 13.2. The molecule has 0 spiro atoms. The standard InChI is InChI=1S/C26H29N3O4S/c1-5-32-20-12-11-17(13-21(20)33-6-2)19-14-22(30)27-24-23(19)25(31)28-26(29(24)4)34-15-18-10-8-7-9-16(18)3/h7-13,19H,5-6,14-15H2,1-4H3,(H,27,30). The van der Waals surface area contributed by atoms with Gasteiger partial charge in [0, 0.05) is 25.1 Å². The molecule has 2 heterocycles. The summed E-state index contributed by atoms with van der Waals surface area (Å²) in [6, 6.07) is 13.7. The van der Waals surface area contributed by atoms with Gasteiger partial charge in [0.15, 0.2) is 16.7 Å². The van der Waals surface area contributed by atoms with Gasteiger partial charge in [0.25, 0.3) is 5.56 Å². The summed E-state index contributed by atoms with van der Waals surface area (Å²) in [5, 5.41) is 3.47. The smallest absolute Gasteiger partial charge is 0.279 e. The molecule has 0 radical (unpaired) electrons. The van der Waals surface area contributed by atoms with Gasteiger partial charge in [-0.1, -0.05) is 42.1 Å². The molecule has 1 aliphatic rings. The van der Waals surface area contributed by atoms with Gasteiger partial charge in [-0.15, -0.1) is 0 Å². The van der Waals surface area contributed by atoms with Crippen molar-refractivity contribution in [2.75, 3.05) is 18.5 Å². The van der Waals surface area contributed by atoms with Gasteiger partial charge in [-0.3, -0.25) is 9.59 Å². The Bertz CT molecular complexity index is 1270. The molecule has 0 saturated heterocycles. The number of thioether (sulfide) groups is 1. The summed E-state index contributed by atoms with van der Waals surface area (Å²) in [6.45, 7) is 6.88. The lowest BCUT2D eigenvalue weighted by Gasteiger charge is -2.28. The van der Waals surface area contributed by atoms with Crippen molar-refractivity contribution in [3.05, 3.63) is 75.1 Å². The third-order valence-electron chi connectivity index (χ3n) is 5.89. The van der Waals surface area contributed by atoms with Gasteiger partial charge in [-0.25, -0.2) is 0 Å². The van der Waals surface area contributed by atoms with E-state index in [0.29, 0.717) is 47.0 Å². The maximum Gasteiger partial charge on any atom is 0.279 e. The second-order valence-corrected chi connectivity index (χ2v) is 9.06. The average Bonchev–Trinajstić information content (AvgIpc) is 2.82. The SMILES string of the molecule is CCOc1ccc(C2CC(=O)Nc3c2c(=O)nc(SCc2ccccc2C)n3C)cc1OCC. The third kappa shape index (κ3) is 4.82. The molecule has 1 amide bonds. The Balaban J connectivity index is 1.72. The normalized spacial score (nSPS) is 14.9. The predicted octanol–water partition coefficient (Wildman–Crippen LogP) is 4.65. The van der Waals surface area contributed by atoms with Crippen LogP contribution in [0.4, 0.5) is 5.82 Å². The number of hydrogen-bond donors (Lipinski definition) is 1. The third-order valence-corrected chi connectivity index (χ3v) is 6.97. The van der Waals surface area contributed by atoms with Crippen LogP contribution in [0.25, 0.3) is 0 Å². The number of fused-ring (bicyclic) bond motifs is 1. The van der Waals surface area contributed by atoms with Crippen LogP contribution in [0.5, 0.6) is 11.5 Å². The van der Waals surface area contributed by atoms with Crippen molar-refractivity contribution in [1.82, 2.24) is 9.55 Å². The van der Waals surface area contributed by atoms with Crippen LogP contribution in [0.2, 0.25) is 0 Å². The molecule has 0 bridgehead atoms. The Morgan fingerprint density at radius 1 is 1.09 bits per heavy atom. The van der Waals surface area contributed by atoms with E-state index < -0.39 is 5.92 Å². The van der Waals surface area contributed by atoms with Crippen LogP contribution < -0.4 is 20.3 Å². The van der Waals surface area contributed by atoms with Crippen molar-refractivity contribution in [3.8, 4) is 11.5 Å². The topological polar surface area (TPSA) is 82.5 Å². The van der Waals surface area contributed by atoms with Gasteiger partial charge in [-0.2, -0.15) is 4.98 Å². The first kappa shape index (κ1) is 23.9. The van der Waals surface area contributed by atoms with Crippen LogP contribution in [0.1, 0.15) is 48.4 Å². The Labute approximate surface area is 203 Å². The van der Waals surface area contributed by atoms with Crippen LogP contribution >= 0.6 is 11.8 Å². The Kier molecular flexibility index (Phi) is 7.26. The van der Waals surface area contributed by atoms with Crippen molar-refractivity contribution in [2.45, 2.75) is 44.0 Å². The van der Waals surface area contributed by atoms with Crippen LogP contribution in [0.15, 0.2) is 52.4 Å². The summed E-state index contributed by atoms with van der Waals surface area (Å²) in [5.74, 6) is 1.87. The molecule has 178 valence electrons. The number of hydrogen-bond acceptors (Lipinski definition) is 6. The molecule has 8 heteroatoms. The molecular weight excluding hydrogens is 450 g/mol. The molecule has 0 fully saturated rings. The number of nitrogens with zero attached hydrogens (tertiary/aromatic N) is 2. The van der Waals surface area contributed by atoms with Gasteiger partial charge in [0.05, 0.1) is 18.8 Å². The largest absolute Gasteiger partial charge is 0.490 e. The number of carbonyl (C=O) groups excluding carboxylic acids is 1. The molecule has 34 heavy (non-hydrogen) atoms. The molecule has 3 aromatic rings. The molecule has 4 rings (SSSR count). The fourth-order valence-electron chi connectivity index (χ4n) is 4.15. The second-order valence-electron chi connectivity index (χ2n) is 8.11. The number of aryl methyl sites for hydroxylation is 1. The summed E-state index contributed by atoms with van der Waals surface area (Å²) in [6.07, 6.45) is 0.166. The molecule has 1 atom stereocenters. The molecule has 2 aromatic carbocycles. The summed E-state index contributed by atoms with van der Waals surface area (Å²) >= 11 is 1.48. The molecular formula is C26H29N3O4S. The Morgan fingerprint density at radius 3 is 2.56 bits per heavy atom. The average molecular weight is 480 g/mol. The van der Waals surface area contributed by atoms with E-state index in [1.165, 1.54) is 22.9 Å². The van der Waals surface area contributed by atoms with E-state index in [4.69, 9.17) is 9.47 Å². The first-order valence-corrected chi connectivity index (χ1v) is 12.4. The lowest BCUT2D eigenvalue weighted by atomic mass is 9.86. The van der Waals surface area contributed by atoms with Crippen LogP contribution in [0, 0.1) is 6.92 Å². The number of carbonyl (C=O) groups is 1. The minimum absolute atomic E-state index is 0.139. The monoisotopic (exact) mass is 479 g/mol. The maximum atomic E-state index is 13.2. The fraction of sp³-hybridized carbons (Fsp3) is 0.346. The summed E-state index contributed by atoms with van der Waals surface area (Å²) in [7, 11) is 1.83. The van der Waals surface area contributed by atoms with E-state index in [1.54, 1.807) is 0 Å². The number of amides is 1. The fourth-order valence-corrected chi connectivity index (χ4v) is 5.19. The molecule has 1 N–H and O–H groups in total. The number of benzene rings is 2. The van der Waals surface area contributed by atoms with E-state index in [2.05, 4.69) is 29.4 Å². The Hall–Kier alpha value is -3.26. The lowest BCUT2D eigenvalue weighted by molar-refractivity contribution is -0.116. The summed E-state index contributed by atoms with van der Waals surface area (Å²) in [5.41, 5.74) is 3.36. The van der Waals surface area contributed by atoms with Crippen molar-refractivity contribution in [2.24, 2.45) is 7.05 Å². The number of anilines is 1. The van der Waals surface area contributed by atoms with E-state index in [-0.39, 0.29) is 17.9 Å². The van der Waals surface area contributed by atoms with Gasteiger partial charge in [0.1, 0.15) is 5.82 Å². The first-order chi connectivity index (χ1) is 16.4. The minimum Gasteiger partial charge on any atom is -0.490 e. The highest BCUT2D eigenvalue weighted by molar-refractivity contribution is 7.98. The van der Waals surface area contributed by atoms with Crippen LogP contribution in [-0.4, -0.2) is 28.7 Å². The predicted molar refractivity (Wildman–Crippen MR) is 134 cm³/mol. The zero-order valence-electron chi connectivity index (χ0n) is 19.9. The number of nitrogens with one attached hydrogen (secondary N) is 1.